The van der Waals surface area contributed by atoms with Crippen LogP contribution in [0, 0.1) is 0 Å². The van der Waals surface area contributed by atoms with Crippen LogP contribution in [-0.4, -0.2) is 23.6 Å². The second-order valence-corrected chi connectivity index (χ2v) is 7.07. The van der Waals surface area contributed by atoms with Gasteiger partial charge in [-0.1, -0.05) is 20.8 Å². The molecule has 0 aliphatic carbocycles. The first-order valence-corrected chi connectivity index (χ1v) is 8.64. The summed E-state index contributed by atoms with van der Waals surface area (Å²) in [6.45, 7) is 8.39. The van der Waals surface area contributed by atoms with Crippen LogP contribution in [0.3, 0.4) is 0 Å². The van der Waals surface area contributed by atoms with Crippen LogP contribution in [0.25, 0.3) is 0 Å². The zero-order valence-electron chi connectivity index (χ0n) is 12.8. The van der Waals surface area contributed by atoms with Crippen molar-refractivity contribution in [1.29, 1.82) is 0 Å². The molecule has 0 saturated heterocycles. The summed E-state index contributed by atoms with van der Waals surface area (Å²) >= 11 is 0. The Morgan fingerprint density at radius 3 is 2.35 bits per heavy atom. The minimum Gasteiger partial charge on any atom is -0.390 e. The maximum absolute atomic E-state index is 12.4. The molecule has 0 atom stereocenters. The summed E-state index contributed by atoms with van der Waals surface area (Å²) < 4.78 is 29.5. The van der Waals surface area contributed by atoms with E-state index in [-0.39, 0.29) is 11.5 Å². The summed E-state index contributed by atoms with van der Waals surface area (Å²) in [4.78, 5) is 0.225. The quantitative estimate of drug-likeness (QED) is 0.773. The molecule has 0 bridgehead atoms. The molecule has 5 nitrogen and oxygen atoms in total. The van der Waals surface area contributed by atoms with Gasteiger partial charge in [0.1, 0.15) is 0 Å². The third-order valence-corrected chi connectivity index (χ3v) is 5.44. The fourth-order valence-electron chi connectivity index (χ4n) is 2.03. The number of rotatable bonds is 8. The van der Waals surface area contributed by atoms with Gasteiger partial charge in [0.05, 0.1) is 11.5 Å². The van der Waals surface area contributed by atoms with E-state index in [1.165, 1.54) is 0 Å². The van der Waals surface area contributed by atoms with Crippen LogP contribution in [0.4, 0.5) is 0 Å². The van der Waals surface area contributed by atoms with Gasteiger partial charge >= 0.3 is 0 Å². The average Bonchev–Trinajstić information content (AvgIpc) is 2.82. The van der Waals surface area contributed by atoms with Crippen LogP contribution < -0.4 is 4.72 Å². The molecule has 0 aliphatic heterocycles. The summed E-state index contributed by atoms with van der Waals surface area (Å²) in [6.07, 6.45) is 3.94. The van der Waals surface area contributed by atoms with Crippen LogP contribution >= 0.6 is 0 Å². The Morgan fingerprint density at radius 2 is 1.90 bits per heavy atom. The Hall–Kier alpha value is -0.850. The van der Waals surface area contributed by atoms with Crippen molar-refractivity contribution in [2.24, 2.45) is 0 Å². The van der Waals surface area contributed by atoms with Crippen molar-refractivity contribution in [3.8, 4) is 0 Å². The van der Waals surface area contributed by atoms with E-state index in [0.717, 1.165) is 19.3 Å². The number of nitrogens with one attached hydrogen (secondary N) is 1. The molecule has 0 aliphatic rings. The summed E-state index contributed by atoms with van der Waals surface area (Å²) in [5.74, 6) is 0. The summed E-state index contributed by atoms with van der Waals surface area (Å²) in [7, 11) is -3.55. The molecule has 0 spiro atoms. The minimum absolute atomic E-state index is 0.158. The van der Waals surface area contributed by atoms with Gasteiger partial charge in [-0.2, -0.15) is 0 Å². The third-order valence-electron chi connectivity index (χ3n) is 3.84. The third kappa shape index (κ3) is 3.84. The summed E-state index contributed by atoms with van der Waals surface area (Å²) in [5.41, 5.74) is 0.187. The van der Waals surface area contributed by atoms with Gasteiger partial charge in [0.15, 0.2) is 0 Å². The van der Waals surface area contributed by atoms with Gasteiger partial charge in [0, 0.05) is 24.0 Å². The van der Waals surface area contributed by atoms with Crippen molar-refractivity contribution in [1.82, 2.24) is 9.29 Å². The number of aliphatic hydroxyl groups is 1. The second-order valence-electron chi connectivity index (χ2n) is 5.39. The maximum atomic E-state index is 12.4. The highest BCUT2D eigenvalue weighted by atomic mass is 32.2. The van der Waals surface area contributed by atoms with Crippen molar-refractivity contribution in [2.75, 3.05) is 0 Å². The first kappa shape index (κ1) is 17.2. The molecule has 0 aromatic carbocycles. The van der Waals surface area contributed by atoms with Gasteiger partial charge in [-0.15, -0.1) is 0 Å². The highest BCUT2D eigenvalue weighted by Crippen LogP contribution is 2.21. The largest absolute Gasteiger partial charge is 0.390 e. The fraction of sp³-hybridized carbons (Fsp3) is 0.714. The first-order chi connectivity index (χ1) is 9.31. The number of aliphatic hydroxyl groups excluding tert-OH is 1. The van der Waals surface area contributed by atoms with Crippen LogP contribution in [-0.2, 0) is 23.2 Å². The normalized spacial score (nSPS) is 12.8. The topological polar surface area (TPSA) is 71.3 Å². The number of hydrogen-bond donors (Lipinski definition) is 2. The Labute approximate surface area is 122 Å². The van der Waals surface area contributed by atoms with Gasteiger partial charge in [-0.05, 0) is 32.3 Å². The van der Waals surface area contributed by atoms with Crippen LogP contribution in [0.15, 0.2) is 17.2 Å². The van der Waals surface area contributed by atoms with Gasteiger partial charge in [0.25, 0.3) is 0 Å². The Kier molecular flexibility index (Phi) is 5.79. The predicted molar refractivity (Wildman–Crippen MR) is 80.0 cm³/mol. The summed E-state index contributed by atoms with van der Waals surface area (Å²) in [6, 6.07) is 1.55. The maximum Gasteiger partial charge on any atom is 0.242 e. The molecule has 116 valence electrons. The van der Waals surface area contributed by atoms with E-state index < -0.39 is 15.6 Å². The molecule has 0 amide bonds. The zero-order valence-corrected chi connectivity index (χ0v) is 13.6. The Balaban J connectivity index is 3.10. The van der Waals surface area contributed by atoms with E-state index in [4.69, 9.17) is 0 Å². The highest BCUT2D eigenvalue weighted by Gasteiger charge is 2.28. The van der Waals surface area contributed by atoms with E-state index >= 15 is 0 Å². The lowest BCUT2D eigenvalue weighted by atomic mass is 9.98. The van der Waals surface area contributed by atoms with Crippen LogP contribution in [0.5, 0.6) is 0 Å². The van der Waals surface area contributed by atoms with Gasteiger partial charge in [0.2, 0.25) is 10.0 Å². The fourth-order valence-corrected chi connectivity index (χ4v) is 3.64. The second kappa shape index (κ2) is 6.74. The highest BCUT2D eigenvalue weighted by molar-refractivity contribution is 7.89. The molecule has 1 rings (SSSR count). The molecule has 1 aromatic rings. The SMILES string of the molecule is CCCn1cc(S(=O)(=O)NC(C)(CC)CC)cc1CO. The molecule has 2 N–H and O–H groups in total. The lowest BCUT2D eigenvalue weighted by molar-refractivity contribution is 0.270. The number of nitrogens with zero attached hydrogens (tertiary/aromatic N) is 1. The molecule has 6 heteroatoms. The number of hydrogen-bond acceptors (Lipinski definition) is 3. The van der Waals surface area contributed by atoms with Crippen molar-refractivity contribution in [3.05, 3.63) is 18.0 Å². The molecular formula is C14H26N2O3S. The number of aryl methyl sites for hydroxylation is 1. The zero-order chi connectivity index (χ0) is 15.4. The van der Waals surface area contributed by atoms with Crippen LogP contribution in [0.1, 0.15) is 52.7 Å². The van der Waals surface area contributed by atoms with E-state index in [9.17, 15) is 13.5 Å². The van der Waals surface area contributed by atoms with Gasteiger partial charge in [-0.25, -0.2) is 13.1 Å². The average molecular weight is 302 g/mol. The van der Waals surface area contributed by atoms with Gasteiger partial charge in [-0.3, -0.25) is 0 Å². The minimum atomic E-state index is -3.55. The van der Waals surface area contributed by atoms with Crippen molar-refractivity contribution in [2.45, 2.75) is 70.5 Å². The first-order valence-electron chi connectivity index (χ1n) is 7.15. The standard InChI is InChI=1S/C14H26N2O3S/c1-5-8-16-10-13(9-12(16)11-17)20(18,19)15-14(4,6-2)7-3/h9-10,15,17H,5-8,11H2,1-4H3. The molecular weight excluding hydrogens is 276 g/mol. The monoisotopic (exact) mass is 302 g/mol. The van der Waals surface area contributed by atoms with Gasteiger partial charge < -0.3 is 9.67 Å². The van der Waals surface area contributed by atoms with E-state index in [1.54, 1.807) is 16.8 Å². The molecule has 20 heavy (non-hydrogen) atoms. The molecule has 0 fully saturated rings. The van der Waals surface area contributed by atoms with E-state index in [2.05, 4.69) is 4.72 Å². The predicted octanol–water partition coefficient (Wildman–Crippen LogP) is 2.25. The van der Waals surface area contributed by atoms with Crippen molar-refractivity contribution in [3.63, 3.8) is 0 Å². The van der Waals surface area contributed by atoms with Crippen molar-refractivity contribution < 1.29 is 13.5 Å². The molecule has 0 saturated carbocycles. The van der Waals surface area contributed by atoms with Crippen molar-refractivity contribution >= 4 is 10.0 Å². The Morgan fingerprint density at radius 1 is 1.30 bits per heavy atom. The molecule has 1 heterocycles. The molecule has 0 unspecified atom stereocenters. The van der Waals surface area contributed by atoms with Crippen LogP contribution in [0.2, 0.25) is 0 Å². The lowest BCUT2D eigenvalue weighted by Crippen LogP contribution is -2.44. The smallest absolute Gasteiger partial charge is 0.242 e. The lowest BCUT2D eigenvalue weighted by Gasteiger charge is -2.27. The number of sulfonamides is 1. The summed E-state index contributed by atoms with van der Waals surface area (Å²) in [5, 5.41) is 9.31. The van der Waals surface area contributed by atoms with E-state index in [0.29, 0.717) is 12.2 Å². The Bertz CT molecular complexity index is 531. The van der Waals surface area contributed by atoms with E-state index in [1.807, 2.05) is 27.7 Å². The molecule has 1 aromatic heterocycles. The number of aromatic nitrogens is 1. The molecule has 0 radical (unpaired) electrons.